The van der Waals surface area contributed by atoms with Crippen molar-refractivity contribution in [2.45, 2.75) is 0 Å². The predicted octanol–water partition coefficient (Wildman–Crippen LogP) is 1.55. The second-order valence-electron chi connectivity index (χ2n) is 2.21. The first-order valence-electron chi connectivity index (χ1n) is 3.12. The average molecular weight is 131 g/mol. The minimum Gasteiger partial charge on any atom is -0.396 e. The van der Waals surface area contributed by atoms with E-state index >= 15 is 0 Å². The Morgan fingerprint density at radius 1 is 1.30 bits per heavy atom. The molecule has 0 fully saturated rings. The van der Waals surface area contributed by atoms with E-state index in [1.807, 2.05) is 24.3 Å². The van der Waals surface area contributed by atoms with E-state index in [9.17, 15) is 0 Å². The third-order valence-electron chi connectivity index (χ3n) is 1.55. The number of aromatic amines is 1. The van der Waals surface area contributed by atoms with Crippen molar-refractivity contribution in [1.29, 1.82) is 0 Å². The minimum absolute atomic E-state index is 0.690. The molecule has 0 aliphatic heterocycles. The van der Waals surface area contributed by atoms with Crippen LogP contribution in [0, 0.1) is 6.20 Å². The number of fused-ring (bicyclic) bond motifs is 1. The zero-order valence-corrected chi connectivity index (χ0v) is 5.39. The molecule has 2 nitrogen and oxygen atoms in total. The highest BCUT2D eigenvalue weighted by Gasteiger charge is 1.95. The van der Waals surface area contributed by atoms with Gasteiger partial charge < -0.3 is 10.7 Å². The van der Waals surface area contributed by atoms with Crippen molar-refractivity contribution >= 4 is 16.6 Å². The Bertz CT molecular complexity index is 349. The summed E-state index contributed by atoms with van der Waals surface area (Å²) in [7, 11) is 0. The van der Waals surface area contributed by atoms with Gasteiger partial charge in [-0.05, 0) is 6.07 Å². The van der Waals surface area contributed by atoms with Gasteiger partial charge in [-0.2, -0.15) is 0 Å². The molecular weight excluding hydrogens is 124 g/mol. The molecule has 1 radical (unpaired) electrons. The van der Waals surface area contributed by atoms with Gasteiger partial charge >= 0.3 is 0 Å². The lowest BCUT2D eigenvalue weighted by Gasteiger charge is -1.86. The van der Waals surface area contributed by atoms with E-state index in [1.54, 1.807) is 0 Å². The lowest BCUT2D eigenvalue weighted by molar-refractivity contribution is 1.46. The molecule has 0 bridgehead atoms. The first-order valence-corrected chi connectivity index (χ1v) is 3.12. The summed E-state index contributed by atoms with van der Waals surface area (Å²) < 4.78 is 0. The molecule has 1 aromatic carbocycles. The predicted molar refractivity (Wildman–Crippen MR) is 41.5 cm³/mol. The van der Waals surface area contributed by atoms with E-state index in [2.05, 4.69) is 11.2 Å². The van der Waals surface area contributed by atoms with Crippen LogP contribution in [0.25, 0.3) is 10.9 Å². The van der Waals surface area contributed by atoms with Crippen molar-refractivity contribution in [2.24, 2.45) is 0 Å². The van der Waals surface area contributed by atoms with Crippen LogP contribution >= 0.6 is 0 Å². The lowest BCUT2D eigenvalue weighted by Crippen LogP contribution is -1.78. The molecule has 0 saturated heterocycles. The van der Waals surface area contributed by atoms with Gasteiger partial charge in [0.2, 0.25) is 0 Å². The second-order valence-corrected chi connectivity index (χ2v) is 2.21. The summed E-state index contributed by atoms with van der Waals surface area (Å²) in [6.45, 7) is 0. The van der Waals surface area contributed by atoms with Crippen molar-refractivity contribution in [2.75, 3.05) is 5.73 Å². The van der Waals surface area contributed by atoms with Crippen LogP contribution in [0.1, 0.15) is 0 Å². The summed E-state index contributed by atoms with van der Waals surface area (Å²) in [4.78, 5) is 2.94. The molecule has 0 saturated carbocycles. The van der Waals surface area contributed by atoms with Crippen LogP contribution in [-0.4, -0.2) is 4.98 Å². The van der Waals surface area contributed by atoms with E-state index in [0.717, 1.165) is 10.9 Å². The topological polar surface area (TPSA) is 41.8 Å². The van der Waals surface area contributed by atoms with Gasteiger partial charge in [0.25, 0.3) is 0 Å². The van der Waals surface area contributed by atoms with Gasteiger partial charge in [-0.3, -0.25) is 0 Å². The maximum Gasteiger partial charge on any atom is 0.0885 e. The molecule has 0 unspecified atom stereocenters. The van der Waals surface area contributed by atoms with Gasteiger partial charge in [-0.1, -0.05) is 18.2 Å². The summed E-state index contributed by atoms with van der Waals surface area (Å²) >= 11 is 0. The number of para-hydroxylation sites is 1. The Kier molecular flexibility index (Phi) is 0.947. The summed E-state index contributed by atoms with van der Waals surface area (Å²) in [5.41, 5.74) is 7.32. The Morgan fingerprint density at radius 2 is 2.10 bits per heavy atom. The van der Waals surface area contributed by atoms with Crippen molar-refractivity contribution in [3.05, 3.63) is 30.5 Å². The van der Waals surface area contributed by atoms with Crippen LogP contribution in [-0.2, 0) is 0 Å². The van der Waals surface area contributed by atoms with Crippen molar-refractivity contribution in [1.82, 2.24) is 4.98 Å². The van der Waals surface area contributed by atoms with Crippen LogP contribution < -0.4 is 5.73 Å². The number of aromatic nitrogens is 1. The number of hydrogen-bond acceptors (Lipinski definition) is 1. The monoisotopic (exact) mass is 131 g/mol. The Balaban J connectivity index is 2.93. The molecule has 2 rings (SSSR count). The standard InChI is InChI=1S/C8H7N2/c9-7-5-10-8-4-2-1-3-6(7)8/h1-4,10H,9H2. The quantitative estimate of drug-likeness (QED) is 0.559. The Labute approximate surface area is 58.7 Å². The third-order valence-corrected chi connectivity index (χ3v) is 1.55. The number of hydrogen-bond donors (Lipinski definition) is 2. The highest BCUT2D eigenvalue weighted by atomic mass is 14.7. The van der Waals surface area contributed by atoms with Crippen LogP contribution in [0.3, 0.4) is 0 Å². The molecule has 0 spiro atoms. The molecule has 0 aliphatic rings. The fourth-order valence-corrected chi connectivity index (χ4v) is 1.03. The number of benzene rings is 1. The van der Waals surface area contributed by atoms with Crippen molar-refractivity contribution in [3.8, 4) is 0 Å². The van der Waals surface area contributed by atoms with E-state index in [4.69, 9.17) is 5.73 Å². The Morgan fingerprint density at radius 3 is 2.90 bits per heavy atom. The smallest absolute Gasteiger partial charge is 0.0885 e. The summed E-state index contributed by atoms with van der Waals surface area (Å²) in [6.07, 6.45) is 2.83. The van der Waals surface area contributed by atoms with Crippen LogP contribution in [0.5, 0.6) is 0 Å². The van der Waals surface area contributed by atoms with Gasteiger partial charge in [-0.25, -0.2) is 0 Å². The van der Waals surface area contributed by atoms with E-state index < -0.39 is 0 Å². The number of nitrogens with two attached hydrogens (primary N) is 1. The van der Waals surface area contributed by atoms with E-state index in [0.29, 0.717) is 5.69 Å². The summed E-state index contributed by atoms with van der Waals surface area (Å²) in [6, 6.07) is 7.87. The molecule has 0 aliphatic carbocycles. The first-order chi connectivity index (χ1) is 4.88. The Hall–Kier alpha value is -1.44. The number of H-pyrrole nitrogens is 1. The average Bonchev–Trinajstić information content (AvgIpc) is 2.34. The van der Waals surface area contributed by atoms with Crippen LogP contribution in [0.2, 0.25) is 0 Å². The zero-order chi connectivity index (χ0) is 6.97. The third kappa shape index (κ3) is 0.589. The minimum atomic E-state index is 0.690. The molecule has 1 aromatic heterocycles. The number of nitrogens with one attached hydrogen (secondary N) is 1. The number of nitrogen functional groups attached to an aromatic ring is 1. The maximum absolute atomic E-state index is 5.59. The molecular formula is C8H7N2. The van der Waals surface area contributed by atoms with Gasteiger partial charge in [0.15, 0.2) is 0 Å². The molecule has 0 amide bonds. The molecule has 0 atom stereocenters. The summed E-state index contributed by atoms with van der Waals surface area (Å²) in [5.74, 6) is 0. The maximum atomic E-state index is 5.59. The fraction of sp³-hybridized carbons (Fsp3) is 0. The van der Waals surface area contributed by atoms with Crippen LogP contribution in [0.15, 0.2) is 24.3 Å². The highest BCUT2D eigenvalue weighted by Crippen LogP contribution is 2.17. The normalized spacial score (nSPS) is 10.4. The van der Waals surface area contributed by atoms with Gasteiger partial charge in [0, 0.05) is 10.9 Å². The van der Waals surface area contributed by atoms with Gasteiger partial charge in [0.05, 0.1) is 11.9 Å². The van der Waals surface area contributed by atoms with Gasteiger partial charge in [0.1, 0.15) is 0 Å². The first kappa shape index (κ1) is 5.35. The SMILES string of the molecule is Nc1[c][nH]c2ccccc12. The highest BCUT2D eigenvalue weighted by molar-refractivity contribution is 5.90. The van der Waals surface area contributed by atoms with Crippen molar-refractivity contribution < 1.29 is 0 Å². The van der Waals surface area contributed by atoms with Crippen molar-refractivity contribution in [3.63, 3.8) is 0 Å². The molecule has 3 N–H and O–H groups in total. The summed E-state index contributed by atoms with van der Waals surface area (Å²) in [5, 5.41) is 1.04. The molecule has 10 heavy (non-hydrogen) atoms. The molecule has 1 heterocycles. The van der Waals surface area contributed by atoms with E-state index in [-0.39, 0.29) is 0 Å². The number of anilines is 1. The van der Waals surface area contributed by atoms with E-state index in [1.165, 1.54) is 0 Å². The largest absolute Gasteiger partial charge is 0.396 e. The molecule has 2 aromatic rings. The second kappa shape index (κ2) is 1.77. The molecule has 49 valence electrons. The van der Waals surface area contributed by atoms with Crippen LogP contribution in [0.4, 0.5) is 5.69 Å². The fourth-order valence-electron chi connectivity index (χ4n) is 1.03. The number of rotatable bonds is 0. The molecule has 2 heteroatoms. The lowest BCUT2D eigenvalue weighted by atomic mass is 10.2. The zero-order valence-electron chi connectivity index (χ0n) is 5.39. The van der Waals surface area contributed by atoms with Gasteiger partial charge in [-0.15, -0.1) is 0 Å².